The quantitative estimate of drug-likeness (QED) is 0.755. The lowest BCUT2D eigenvalue weighted by molar-refractivity contribution is 0.0480. The van der Waals surface area contributed by atoms with Crippen molar-refractivity contribution in [1.82, 2.24) is 9.80 Å². The number of nitrogens with zero attached hydrogens (tertiary/aromatic N) is 2. The third-order valence-electron chi connectivity index (χ3n) is 4.72. The Balaban J connectivity index is 2.38. The predicted octanol–water partition coefficient (Wildman–Crippen LogP) is 2.06. The van der Waals surface area contributed by atoms with Crippen LogP contribution in [0.25, 0.3) is 0 Å². The molecule has 3 heteroatoms. The third-order valence-corrected chi connectivity index (χ3v) is 4.72. The van der Waals surface area contributed by atoms with Gasteiger partial charge in [0.25, 0.3) is 0 Å². The van der Waals surface area contributed by atoms with Gasteiger partial charge < -0.3 is 14.9 Å². The number of piperidine rings is 1. The first-order chi connectivity index (χ1) is 8.55. The molecule has 0 unspecified atom stereocenters. The molecule has 0 saturated carbocycles. The van der Waals surface area contributed by atoms with E-state index in [1.165, 1.54) is 32.5 Å². The third kappa shape index (κ3) is 4.52. The average Bonchev–Trinajstić information content (AvgIpc) is 2.38. The van der Waals surface area contributed by atoms with E-state index < -0.39 is 0 Å². The van der Waals surface area contributed by atoms with Crippen LogP contribution in [0.15, 0.2) is 0 Å². The SMILES string of the molecule is CCC(CC)(CO)CN1CCC(CN(C)C)CC1. The van der Waals surface area contributed by atoms with Crippen LogP contribution in [0.2, 0.25) is 0 Å². The second-order valence-electron chi connectivity index (χ2n) is 6.35. The first-order valence-corrected chi connectivity index (χ1v) is 7.53. The number of rotatable bonds is 7. The van der Waals surface area contributed by atoms with Gasteiger partial charge in [0.05, 0.1) is 0 Å². The Morgan fingerprint density at radius 3 is 2.11 bits per heavy atom. The van der Waals surface area contributed by atoms with Crippen LogP contribution >= 0.6 is 0 Å². The fourth-order valence-electron chi connectivity index (χ4n) is 3.07. The molecule has 1 fully saturated rings. The highest BCUT2D eigenvalue weighted by molar-refractivity contribution is 4.83. The first kappa shape index (κ1) is 15.9. The molecule has 0 aromatic carbocycles. The minimum Gasteiger partial charge on any atom is -0.396 e. The summed E-state index contributed by atoms with van der Waals surface area (Å²) in [5, 5.41) is 9.64. The van der Waals surface area contributed by atoms with Crippen molar-refractivity contribution in [1.29, 1.82) is 0 Å². The van der Waals surface area contributed by atoms with Gasteiger partial charge in [0, 0.05) is 25.1 Å². The molecule has 1 saturated heterocycles. The monoisotopic (exact) mass is 256 g/mol. The van der Waals surface area contributed by atoms with Crippen molar-refractivity contribution in [2.45, 2.75) is 39.5 Å². The van der Waals surface area contributed by atoms with Crippen LogP contribution in [0.1, 0.15) is 39.5 Å². The molecule has 1 N–H and O–H groups in total. The Morgan fingerprint density at radius 1 is 1.17 bits per heavy atom. The van der Waals surface area contributed by atoms with Gasteiger partial charge in [0.1, 0.15) is 0 Å². The van der Waals surface area contributed by atoms with Gasteiger partial charge in [-0.3, -0.25) is 0 Å². The van der Waals surface area contributed by atoms with E-state index in [1.807, 2.05) is 0 Å². The summed E-state index contributed by atoms with van der Waals surface area (Å²) in [7, 11) is 4.33. The van der Waals surface area contributed by atoms with Gasteiger partial charge in [-0.2, -0.15) is 0 Å². The first-order valence-electron chi connectivity index (χ1n) is 7.53. The Bertz CT molecular complexity index is 210. The number of aliphatic hydroxyl groups is 1. The summed E-state index contributed by atoms with van der Waals surface area (Å²) < 4.78 is 0. The van der Waals surface area contributed by atoms with Gasteiger partial charge in [0.2, 0.25) is 0 Å². The Kier molecular flexibility index (Phi) is 6.61. The second-order valence-corrected chi connectivity index (χ2v) is 6.35. The normalized spacial score (nSPS) is 19.7. The van der Waals surface area contributed by atoms with Crippen LogP contribution in [-0.4, -0.2) is 61.8 Å². The molecule has 1 rings (SSSR count). The van der Waals surface area contributed by atoms with Gasteiger partial charge in [-0.05, 0) is 58.8 Å². The maximum absolute atomic E-state index is 9.64. The molecule has 0 radical (unpaired) electrons. The van der Waals surface area contributed by atoms with Crippen LogP contribution in [-0.2, 0) is 0 Å². The molecular weight excluding hydrogens is 224 g/mol. The standard InChI is InChI=1S/C15H32N2O/c1-5-15(6-2,13-18)12-17-9-7-14(8-10-17)11-16(3)4/h14,18H,5-13H2,1-4H3. The summed E-state index contributed by atoms with van der Waals surface area (Å²) >= 11 is 0. The van der Waals surface area contributed by atoms with E-state index in [-0.39, 0.29) is 5.41 Å². The fourth-order valence-corrected chi connectivity index (χ4v) is 3.07. The van der Waals surface area contributed by atoms with Gasteiger partial charge >= 0.3 is 0 Å². The van der Waals surface area contributed by atoms with Crippen molar-refractivity contribution >= 4 is 0 Å². The van der Waals surface area contributed by atoms with Crippen LogP contribution in [0.5, 0.6) is 0 Å². The predicted molar refractivity (Wildman–Crippen MR) is 77.8 cm³/mol. The van der Waals surface area contributed by atoms with Gasteiger partial charge in [-0.15, -0.1) is 0 Å². The Hall–Kier alpha value is -0.120. The molecule has 0 aromatic heterocycles. The molecule has 1 heterocycles. The van der Waals surface area contributed by atoms with E-state index in [1.54, 1.807) is 0 Å². The highest BCUT2D eigenvalue weighted by Crippen LogP contribution is 2.29. The van der Waals surface area contributed by atoms with Gasteiger partial charge in [0.15, 0.2) is 0 Å². The molecule has 0 aliphatic carbocycles. The highest BCUT2D eigenvalue weighted by Gasteiger charge is 2.30. The highest BCUT2D eigenvalue weighted by atomic mass is 16.3. The lowest BCUT2D eigenvalue weighted by Crippen LogP contribution is -2.44. The summed E-state index contributed by atoms with van der Waals surface area (Å²) in [5.74, 6) is 0.864. The molecule has 0 aromatic rings. The minimum atomic E-state index is 0.133. The fraction of sp³-hybridized carbons (Fsp3) is 1.00. The minimum absolute atomic E-state index is 0.133. The molecule has 0 amide bonds. The zero-order valence-electron chi connectivity index (χ0n) is 12.8. The van der Waals surface area contributed by atoms with Crippen LogP contribution in [0, 0.1) is 11.3 Å². The van der Waals surface area contributed by atoms with Crippen molar-refractivity contribution in [3.8, 4) is 0 Å². The average molecular weight is 256 g/mol. The summed E-state index contributed by atoms with van der Waals surface area (Å²) in [4.78, 5) is 4.87. The Morgan fingerprint density at radius 2 is 1.72 bits per heavy atom. The molecular formula is C15H32N2O. The van der Waals surface area contributed by atoms with Crippen molar-refractivity contribution in [3.05, 3.63) is 0 Å². The van der Waals surface area contributed by atoms with Gasteiger partial charge in [-0.1, -0.05) is 13.8 Å². The van der Waals surface area contributed by atoms with Crippen molar-refractivity contribution < 1.29 is 5.11 Å². The molecule has 18 heavy (non-hydrogen) atoms. The zero-order chi connectivity index (χ0) is 13.6. The van der Waals surface area contributed by atoms with Crippen LogP contribution in [0.3, 0.4) is 0 Å². The molecule has 108 valence electrons. The molecule has 0 spiro atoms. The number of likely N-dealkylation sites (tertiary alicyclic amines) is 1. The van der Waals surface area contributed by atoms with E-state index in [4.69, 9.17) is 0 Å². The van der Waals surface area contributed by atoms with Crippen LogP contribution < -0.4 is 0 Å². The smallest absolute Gasteiger partial charge is 0.0499 e. The molecule has 1 aliphatic rings. The van der Waals surface area contributed by atoms with Crippen molar-refractivity contribution in [2.75, 3.05) is 46.9 Å². The van der Waals surface area contributed by atoms with E-state index in [9.17, 15) is 5.11 Å². The zero-order valence-corrected chi connectivity index (χ0v) is 12.8. The summed E-state index contributed by atoms with van der Waals surface area (Å²) in [5.41, 5.74) is 0.133. The number of hydrogen-bond donors (Lipinski definition) is 1. The van der Waals surface area contributed by atoms with E-state index >= 15 is 0 Å². The molecule has 3 nitrogen and oxygen atoms in total. The maximum atomic E-state index is 9.64. The lowest BCUT2D eigenvalue weighted by atomic mass is 9.82. The summed E-state index contributed by atoms with van der Waals surface area (Å²) in [6.45, 7) is 9.46. The van der Waals surface area contributed by atoms with E-state index in [0.717, 1.165) is 25.3 Å². The van der Waals surface area contributed by atoms with E-state index in [0.29, 0.717) is 6.61 Å². The topological polar surface area (TPSA) is 26.7 Å². The molecule has 0 atom stereocenters. The van der Waals surface area contributed by atoms with Crippen molar-refractivity contribution in [3.63, 3.8) is 0 Å². The number of aliphatic hydroxyl groups excluding tert-OH is 1. The maximum Gasteiger partial charge on any atom is 0.0499 e. The lowest BCUT2D eigenvalue weighted by Gasteiger charge is -2.39. The molecule has 1 aliphatic heterocycles. The second kappa shape index (κ2) is 7.46. The summed E-state index contributed by atoms with van der Waals surface area (Å²) in [6, 6.07) is 0. The number of hydrogen-bond acceptors (Lipinski definition) is 3. The summed E-state index contributed by atoms with van der Waals surface area (Å²) in [6.07, 6.45) is 4.79. The van der Waals surface area contributed by atoms with Gasteiger partial charge in [-0.25, -0.2) is 0 Å². The van der Waals surface area contributed by atoms with Crippen molar-refractivity contribution in [2.24, 2.45) is 11.3 Å². The van der Waals surface area contributed by atoms with E-state index in [2.05, 4.69) is 37.7 Å². The molecule has 0 bridgehead atoms. The van der Waals surface area contributed by atoms with Crippen LogP contribution in [0.4, 0.5) is 0 Å². The Labute approximate surface area is 113 Å². The largest absolute Gasteiger partial charge is 0.396 e.